The fraction of sp³-hybridized carbons (Fsp3) is 0. The van der Waals surface area contributed by atoms with Gasteiger partial charge in [-0.3, -0.25) is 10.1 Å². The highest BCUT2D eigenvalue weighted by atomic mass is 35.5. The van der Waals surface area contributed by atoms with Crippen LogP contribution in [0.5, 0.6) is 0 Å². The van der Waals surface area contributed by atoms with Gasteiger partial charge in [0.05, 0.1) is 9.95 Å². The molecule has 4 rings (SSSR count). The van der Waals surface area contributed by atoms with Crippen LogP contribution in [0.3, 0.4) is 0 Å². The number of rotatable bonds is 4. The molecule has 0 spiro atoms. The Morgan fingerprint density at radius 2 is 1.86 bits per heavy atom. The first-order chi connectivity index (χ1) is 13.5. The van der Waals surface area contributed by atoms with Crippen molar-refractivity contribution in [1.29, 1.82) is 0 Å². The molecule has 0 fully saturated rings. The summed E-state index contributed by atoms with van der Waals surface area (Å²) in [5, 5.41) is 11.3. The zero-order valence-corrected chi connectivity index (χ0v) is 14.9. The minimum Gasteiger partial charge on any atom is -0.457 e. The Bertz CT molecular complexity index is 1150. The van der Waals surface area contributed by atoms with Gasteiger partial charge in [-0.05, 0) is 30.3 Å². The number of ether oxygens (including phenoxy) is 1. The fourth-order valence-electron chi connectivity index (χ4n) is 2.64. The third-order valence-corrected chi connectivity index (χ3v) is 4.30. The minimum atomic E-state index is -0.592. The van der Waals surface area contributed by atoms with E-state index in [4.69, 9.17) is 20.8 Å². The predicted octanol–water partition coefficient (Wildman–Crippen LogP) is 4.85. The highest BCUT2D eigenvalue weighted by Gasteiger charge is 2.24. The fourth-order valence-corrected chi connectivity index (χ4v) is 2.85. The number of benzene rings is 2. The van der Waals surface area contributed by atoms with Gasteiger partial charge in [-0.2, -0.15) is 0 Å². The number of non-ortho nitro benzene ring substituents is 1. The lowest BCUT2D eigenvalue weighted by molar-refractivity contribution is -0.384. The molecule has 1 aromatic heterocycles. The van der Waals surface area contributed by atoms with Crippen molar-refractivity contribution in [3.63, 3.8) is 0 Å². The van der Waals surface area contributed by atoms with Crippen LogP contribution in [0, 0.1) is 10.1 Å². The Morgan fingerprint density at radius 1 is 1.07 bits per heavy atom. The Balaban J connectivity index is 1.65. The van der Waals surface area contributed by atoms with Crippen LogP contribution in [0.1, 0.15) is 11.3 Å². The molecule has 28 heavy (non-hydrogen) atoms. The van der Waals surface area contributed by atoms with Crippen LogP contribution >= 0.6 is 11.6 Å². The van der Waals surface area contributed by atoms with Gasteiger partial charge in [0.1, 0.15) is 11.5 Å². The molecule has 0 N–H and O–H groups in total. The first-order valence-corrected chi connectivity index (χ1v) is 8.51. The number of hydrogen-bond donors (Lipinski definition) is 0. The lowest BCUT2D eigenvalue weighted by Gasteiger charge is -2.00. The first kappa shape index (κ1) is 17.7. The van der Waals surface area contributed by atoms with Gasteiger partial charge < -0.3 is 9.15 Å². The molecule has 0 aliphatic carbocycles. The summed E-state index contributed by atoms with van der Waals surface area (Å²) in [5.74, 6) is 0.289. The second kappa shape index (κ2) is 7.13. The topological polar surface area (TPSA) is 94.9 Å². The summed E-state index contributed by atoms with van der Waals surface area (Å²) in [6.07, 6.45) is 1.44. The van der Waals surface area contributed by atoms with Crippen LogP contribution in [0.4, 0.5) is 5.69 Å². The largest absolute Gasteiger partial charge is 0.457 e. The zero-order valence-electron chi connectivity index (χ0n) is 14.2. The number of nitro benzene ring substituents is 1. The lowest BCUT2D eigenvalue weighted by Crippen LogP contribution is -2.04. The molecule has 0 saturated carbocycles. The van der Waals surface area contributed by atoms with Crippen molar-refractivity contribution in [1.82, 2.24) is 0 Å². The second-order valence-corrected chi connectivity index (χ2v) is 6.23. The molecule has 2 aromatic carbocycles. The van der Waals surface area contributed by atoms with E-state index >= 15 is 0 Å². The van der Waals surface area contributed by atoms with Gasteiger partial charge in [-0.1, -0.05) is 29.8 Å². The molecule has 138 valence electrons. The molecule has 1 aliphatic heterocycles. The van der Waals surface area contributed by atoms with Gasteiger partial charge in [-0.25, -0.2) is 9.79 Å². The van der Waals surface area contributed by atoms with Gasteiger partial charge >= 0.3 is 5.97 Å². The van der Waals surface area contributed by atoms with Crippen molar-refractivity contribution in [2.45, 2.75) is 0 Å². The highest BCUT2D eigenvalue weighted by Crippen LogP contribution is 2.33. The standard InChI is InChI=1S/C20H11ClN2O5/c21-16-8-6-13(23(25)26)10-15(16)18-9-7-14(27-18)11-17-20(24)28-19(22-17)12-4-2-1-3-5-12/h1-11H. The summed E-state index contributed by atoms with van der Waals surface area (Å²) in [4.78, 5) is 26.7. The number of cyclic esters (lactones) is 1. The van der Waals surface area contributed by atoms with E-state index in [0.717, 1.165) is 0 Å². The molecule has 0 radical (unpaired) electrons. The monoisotopic (exact) mass is 394 g/mol. The average molecular weight is 395 g/mol. The van der Waals surface area contributed by atoms with Gasteiger partial charge in [0.2, 0.25) is 5.90 Å². The van der Waals surface area contributed by atoms with Gasteiger partial charge in [0.25, 0.3) is 5.69 Å². The van der Waals surface area contributed by atoms with Gasteiger partial charge in [0, 0.05) is 29.3 Å². The number of hydrogen-bond acceptors (Lipinski definition) is 6. The predicted molar refractivity (Wildman–Crippen MR) is 103 cm³/mol. The average Bonchev–Trinajstić information content (AvgIpc) is 3.30. The Morgan fingerprint density at radius 3 is 2.61 bits per heavy atom. The zero-order chi connectivity index (χ0) is 19.7. The molecular weight excluding hydrogens is 384 g/mol. The molecule has 1 aliphatic rings. The maximum Gasteiger partial charge on any atom is 0.363 e. The van der Waals surface area contributed by atoms with E-state index in [9.17, 15) is 14.9 Å². The number of esters is 1. The van der Waals surface area contributed by atoms with Crippen molar-refractivity contribution in [3.05, 3.63) is 92.8 Å². The number of carbonyl (C=O) groups is 1. The maximum absolute atomic E-state index is 12.1. The van der Waals surface area contributed by atoms with E-state index in [1.54, 1.807) is 24.3 Å². The molecule has 0 unspecified atom stereocenters. The van der Waals surface area contributed by atoms with E-state index in [0.29, 0.717) is 27.7 Å². The van der Waals surface area contributed by atoms with Crippen molar-refractivity contribution in [2.75, 3.05) is 0 Å². The molecule has 0 bridgehead atoms. The maximum atomic E-state index is 12.1. The molecule has 0 atom stereocenters. The molecule has 0 saturated heterocycles. The SMILES string of the molecule is O=C1OC(c2ccccc2)=NC1=Cc1ccc(-c2cc([N+](=O)[O-])ccc2Cl)o1. The van der Waals surface area contributed by atoms with Crippen molar-refractivity contribution >= 4 is 35.2 Å². The third-order valence-electron chi connectivity index (χ3n) is 3.97. The normalized spacial score (nSPS) is 14.8. The summed E-state index contributed by atoms with van der Waals surface area (Å²) in [5.41, 5.74) is 1.04. The van der Waals surface area contributed by atoms with Crippen LogP contribution in [0.15, 0.2) is 75.8 Å². The summed E-state index contributed by atoms with van der Waals surface area (Å²) >= 11 is 6.13. The Labute approximate surface area is 163 Å². The molecule has 3 aromatic rings. The number of nitro groups is 1. The summed E-state index contributed by atoms with van der Waals surface area (Å²) in [6.45, 7) is 0. The quantitative estimate of drug-likeness (QED) is 0.273. The number of nitrogens with zero attached hydrogens (tertiary/aromatic N) is 2. The summed E-state index contributed by atoms with van der Waals surface area (Å²) in [6, 6.07) is 16.3. The Kier molecular flexibility index (Phi) is 4.50. The van der Waals surface area contributed by atoms with Gasteiger partial charge in [0.15, 0.2) is 5.70 Å². The van der Waals surface area contributed by atoms with Crippen LogP contribution in [-0.4, -0.2) is 16.8 Å². The van der Waals surface area contributed by atoms with E-state index < -0.39 is 10.9 Å². The Hall–Kier alpha value is -3.71. The van der Waals surface area contributed by atoms with Crippen molar-refractivity contribution in [3.8, 4) is 11.3 Å². The number of furan rings is 1. The van der Waals surface area contributed by atoms with Crippen LogP contribution in [-0.2, 0) is 9.53 Å². The summed E-state index contributed by atoms with van der Waals surface area (Å²) in [7, 11) is 0. The third kappa shape index (κ3) is 3.43. The molecular formula is C20H11ClN2O5. The van der Waals surface area contributed by atoms with Crippen molar-refractivity contribution in [2.24, 2.45) is 4.99 Å². The summed E-state index contributed by atoms with van der Waals surface area (Å²) < 4.78 is 10.9. The van der Waals surface area contributed by atoms with E-state index in [-0.39, 0.29) is 17.3 Å². The van der Waals surface area contributed by atoms with Crippen molar-refractivity contribution < 1.29 is 18.9 Å². The number of halogens is 1. The van der Waals surface area contributed by atoms with Crippen LogP contribution in [0.25, 0.3) is 17.4 Å². The van der Waals surface area contributed by atoms with Gasteiger partial charge in [-0.15, -0.1) is 0 Å². The molecule has 7 nitrogen and oxygen atoms in total. The molecule has 8 heteroatoms. The van der Waals surface area contributed by atoms with E-state index in [1.165, 1.54) is 24.3 Å². The minimum absolute atomic E-state index is 0.0879. The second-order valence-electron chi connectivity index (χ2n) is 5.83. The van der Waals surface area contributed by atoms with Crippen LogP contribution in [0.2, 0.25) is 5.02 Å². The molecule has 0 amide bonds. The van der Waals surface area contributed by atoms with Crippen LogP contribution < -0.4 is 0 Å². The lowest BCUT2D eigenvalue weighted by atomic mass is 10.1. The molecule has 2 heterocycles. The first-order valence-electron chi connectivity index (χ1n) is 8.13. The highest BCUT2D eigenvalue weighted by molar-refractivity contribution is 6.33. The smallest absolute Gasteiger partial charge is 0.363 e. The van der Waals surface area contributed by atoms with E-state index in [2.05, 4.69) is 4.99 Å². The number of carbonyl (C=O) groups excluding carboxylic acids is 1. The van der Waals surface area contributed by atoms with E-state index in [1.807, 2.05) is 18.2 Å². The number of aliphatic imine (C=N–C) groups is 1.